The molecule has 29 heavy (non-hydrogen) atoms. The average Bonchev–Trinajstić information content (AvgIpc) is 3.11. The van der Waals surface area contributed by atoms with Crippen LogP contribution >= 0.6 is 0 Å². The summed E-state index contributed by atoms with van der Waals surface area (Å²) >= 11 is 0. The van der Waals surface area contributed by atoms with Gasteiger partial charge in [-0.1, -0.05) is 42.5 Å². The van der Waals surface area contributed by atoms with Gasteiger partial charge in [-0.05, 0) is 24.3 Å². The number of hydrogen-bond acceptors (Lipinski definition) is 4. The quantitative estimate of drug-likeness (QED) is 0.477. The number of carbonyl (C=O) groups excluding carboxylic acids is 2. The van der Waals surface area contributed by atoms with Crippen LogP contribution in [-0.2, 0) is 13.1 Å². The topological polar surface area (TPSA) is 68.1 Å². The number of ketones is 1. The van der Waals surface area contributed by atoms with Crippen LogP contribution in [0.15, 0.2) is 79.1 Å². The van der Waals surface area contributed by atoms with Crippen molar-refractivity contribution in [3.05, 3.63) is 96.1 Å². The summed E-state index contributed by atoms with van der Waals surface area (Å²) in [6, 6.07) is 20.2. The minimum atomic E-state index is -0.125. The van der Waals surface area contributed by atoms with Crippen molar-refractivity contribution in [3.63, 3.8) is 0 Å². The zero-order valence-electron chi connectivity index (χ0n) is 16.0. The number of hydrogen-bond donors (Lipinski definition) is 0. The van der Waals surface area contributed by atoms with Crippen LogP contribution in [0.1, 0.15) is 26.5 Å². The zero-order chi connectivity index (χ0) is 20.2. The lowest BCUT2D eigenvalue weighted by Crippen LogP contribution is -2.28. The largest absolute Gasteiger partial charge is 0.334 e. The van der Waals surface area contributed by atoms with Crippen molar-refractivity contribution in [2.75, 3.05) is 7.05 Å². The second-order valence-corrected chi connectivity index (χ2v) is 6.79. The van der Waals surface area contributed by atoms with Gasteiger partial charge in [-0.3, -0.25) is 14.6 Å². The van der Waals surface area contributed by atoms with Gasteiger partial charge in [-0.2, -0.15) is 0 Å². The van der Waals surface area contributed by atoms with Gasteiger partial charge in [0.05, 0.1) is 24.1 Å². The molecule has 144 valence electrons. The summed E-state index contributed by atoms with van der Waals surface area (Å²) in [7, 11) is 1.73. The first-order valence-electron chi connectivity index (χ1n) is 9.31. The van der Waals surface area contributed by atoms with E-state index >= 15 is 0 Å². The number of para-hydroxylation sites is 2. The van der Waals surface area contributed by atoms with Crippen LogP contribution in [0.4, 0.5) is 0 Å². The molecule has 6 heteroatoms. The molecule has 2 aromatic heterocycles. The number of aromatic nitrogens is 3. The summed E-state index contributed by atoms with van der Waals surface area (Å²) in [4.78, 5) is 35.8. The summed E-state index contributed by atoms with van der Waals surface area (Å²) in [5.41, 5.74) is 2.88. The Morgan fingerprint density at radius 2 is 1.59 bits per heavy atom. The molecule has 0 N–H and O–H groups in total. The van der Waals surface area contributed by atoms with Crippen LogP contribution in [-0.4, -0.2) is 38.2 Å². The van der Waals surface area contributed by atoms with Crippen LogP contribution < -0.4 is 0 Å². The average molecular weight is 384 g/mol. The minimum absolute atomic E-state index is 0.00174. The number of imidazole rings is 1. The maximum atomic E-state index is 12.8. The van der Waals surface area contributed by atoms with E-state index < -0.39 is 0 Å². The summed E-state index contributed by atoms with van der Waals surface area (Å²) in [5.74, 6) is 0.541. The first-order chi connectivity index (χ1) is 14.1. The smallest absolute Gasteiger partial charge is 0.254 e. The van der Waals surface area contributed by atoms with E-state index in [1.807, 2.05) is 47.0 Å². The predicted octanol–water partition coefficient (Wildman–Crippen LogP) is 3.59. The van der Waals surface area contributed by atoms with E-state index in [0.717, 1.165) is 11.0 Å². The van der Waals surface area contributed by atoms with E-state index in [0.29, 0.717) is 17.0 Å². The van der Waals surface area contributed by atoms with Crippen molar-refractivity contribution in [1.29, 1.82) is 0 Å². The molecule has 0 aliphatic carbocycles. The molecular weight excluding hydrogens is 364 g/mol. The molecule has 0 fully saturated rings. The number of benzene rings is 2. The Morgan fingerprint density at radius 3 is 2.34 bits per heavy atom. The third-order valence-corrected chi connectivity index (χ3v) is 4.78. The van der Waals surface area contributed by atoms with Crippen LogP contribution in [0, 0.1) is 0 Å². The Bertz CT molecular complexity index is 1150. The molecule has 4 rings (SSSR count). The normalized spacial score (nSPS) is 10.8. The fourth-order valence-corrected chi connectivity index (χ4v) is 3.28. The number of amides is 1. The highest BCUT2D eigenvalue weighted by Crippen LogP contribution is 2.19. The van der Waals surface area contributed by atoms with Gasteiger partial charge < -0.3 is 9.47 Å². The van der Waals surface area contributed by atoms with E-state index in [9.17, 15) is 9.59 Å². The van der Waals surface area contributed by atoms with Crippen molar-refractivity contribution in [1.82, 2.24) is 19.4 Å². The lowest BCUT2D eigenvalue weighted by Gasteiger charge is -2.18. The van der Waals surface area contributed by atoms with Crippen LogP contribution in [0.2, 0.25) is 0 Å². The van der Waals surface area contributed by atoms with Crippen molar-refractivity contribution < 1.29 is 9.59 Å². The summed E-state index contributed by atoms with van der Waals surface area (Å²) in [6.45, 7) is 0.453. The number of nitrogens with zero attached hydrogens (tertiary/aromatic N) is 4. The second kappa shape index (κ2) is 8.06. The highest BCUT2D eigenvalue weighted by molar-refractivity contribution is 5.97. The number of pyridine rings is 1. The molecule has 4 aromatic rings. The molecule has 0 atom stereocenters. The van der Waals surface area contributed by atoms with Gasteiger partial charge in [0.25, 0.3) is 5.91 Å². The third-order valence-electron chi connectivity index (χ3n) is 4.78. The van der Waals surface area contributed by atoms with E-state index in [-0.39, 0.29) is 24.8 Å². The second-order valence-electron chi connectivity index (χ2n) is 6.79. The van der Waals surface area contributed by atoms with Crippen molar-refractivity contribution in [2.45, 2.75) is 13.1 Å². The van der Waals surface area contributed by atoms with Gasteiger partial charge in [0.15, 0.2) is 5.78 Å². The van der Waals surface area contributed by atoms with Crippen molar-refractivity contribution in [2.24, 2.45) is 0 Å². The molecule has 0 aliphatic rings. The molecular formula is C23H20N4O2. The van der Waals surface area contributed by atoms with Gasteiger partial charge in [-0.15, -0.1) is 0 Å². The van der Waals surface area contributed by atoms with E-state index in [1.165, 1.54) is 0 Å². The van der Waals surface area contributed by atoms with Crippen LogP contribution in [0.5, 0.6) is 0 Å². The maximum Gasteiger partial charge on any atom is 0.254 e. The van der Waals surface area contributed by atoms with Gasteiger partial charge in [0.2, 0.25) is 0 Å². The lowest BCUT2D eigenvalue weighted by molar-refractivity contribution is 0.0780. The Morgan fingerprint density at radius 1 is 0.897 bits per heavy atom. The molecule has 0 unspecified atom stereocenters. The molecule has 6 nitrogen and oxygen atoms in total. The zero-order valence-corrected chi connectivity index (χ0v) is 16.0. The number of rotatable bonds is 6. The monoisotopic (exact) mass is 384 g/mol. The molecule has 0 aliphatic heterocycles. The number of Topliss-reactive ketones (excluding diaryl/α,β-unsaturated/α-hetero) is 1. The minimum Gasteiger partial charge on any atom is -0.334 e. The van der Waals surface area contributed by atoms with Gasteiger partial charge in [0.1, 0.15) is 5.82 Å². The number of fused-ring (bicyclic) bond motifs is 1. The highest BCUT2D eigenvalue weighted by Gasteiger charge is 2.19. The molecule has 0 bridgehead atoms. The van der Waals surface area contributed by atoms with E-state index in [2.05, 4.69) is 9.97 Å². The summed E-state index contributed by atoms with van der Waals surface area (Å²) in [6.07, 6.45) is 3.18. The standard InChI is InChI=1S/C23H20N4O2/c1-26(23(29)18-11-13-24-14-12-18)16-22-25-19-9-5-6-10-20(19)27(22)15-21(28)17-7-3-2-4-8-17/h2-14H,15-16H2,1H3. The Balaban J connectivity index is 1.64. The Hall–Kier alpha value is -3.80. The molecule has 2 heterocycles. The summed E-state index contributed by atoms with van der Waals surface area (Å²) in [5, 5.41) is 0. The fourth-order valence-electron chi connectivity index (χ4n) is 3.28. The molecule has 0 saturated heterocycles. The van der Waals surface area contributed by atoms with Crippen LogP contribution in [0.3, 0.4) is 0 Å². The lowest BCUT2D eigenvalue weighted by atomic mass is 10.1. The van der Waals surface area contributed by atoms with Gasteiger partial charge >= 0.3 is 0 Å². The first kappa shape index (κ1) is 18.6. The third kappa shape index (κ3) is 3.91. The van der Waals surface area contributed by atoms with Crippen molar-refractivity contribution in [3.8, 4) is 0 Å². The highest BCUT2D eigenvalue weighted by atomic mass is 16.2. The van der Waals surface area contributed by atoms with E-state index in [4.69, 9.17) is 0 Å². The fraction of sp³-hybridized carbons (Fsp3) is 0.130. The molecule has 0 saturated carbocycles. The maximum absolute atomic E-state index is 12.8. The van der Waals surface area contributed by atoms with Crippen molar-refractivity contribution >= 4 is 22.7 Å². The molecule has 0 radical (unpaired) electrons. The molecule has 1 amide bonds. The first-order valence-corrected chi connectivity index (χ1v) is 9.31. The molecule has 2 aromatic carbocycles. The van der Waals surface area contributed by atoms with E-state index in [1.54, 1.807) is 48.6 Å². The van der Waals surface area contributed by atoms with Gasteiger partial charge in [0, 0.05) is 30.6 Å². The predicted molar refractivity (Wildman–Crippen MR) is 111 cm³/mol. The number of carbonyl (C=O) groups is 2. The van der Waals surface area contributed by atoms with Gasteiger partial charge in [-0.25, -0.2) is 4.98 Å². The Kier molecular flexibility index (Phi) is 5.16. The molecule has 0 spiro atoms. The van der Waals surface area contributed by atoms with Crippen LogP contribution in [0.25, 0.3) is 11.0 Å². The summed E-state index contributed by atoms with van der Waals surface area (Å²) < 4.78 is 1.89. The SMILES string of the molecule is CN(Cc1nc2ccccc2n1CC(=O)c1ccccc1)C(=O)c1ccncc1. The Labute approximate surface area is 168 Å².